The molecule has 136 valence electrons. The predicted octanol–water partition coefficient (Wildman–Crippen LogP) is 4.79. The lowest BCUT2D eigenvalue weighted by atomic mass is 9.97. The van der Waals surface area contributed by atoms with E-state index in [2.05, 4.69) is 28.2 Å². The van der Waals surface area contributed by atoms with E-state index >= 15 is 0 Å². The molecule has 0 bridgehead atoms. The molecule has 2 heterocycles. The molecule has 0 saturated carbocycles. The number of nitrogens with zero attached hydrogens (tertiary/aromatic N) is 2. The second kappa shape index (κ2) is 9.02. The number of carbonyl (C=O) groups is 1. The van der Waals surface area contributed by atoms with Gasteiger partial charge in [-0.15, -0.1) is 0 Å². The van der Waals surface area contributed by atoms with Gasteiger partial charge in [0.25, 0.3) is 5.91 Å². The van der Waals surface area contributed by atoms with Crippen LogP contribution in [0, 0.1) is 0 Å². The molecule has 1 fully saturated rings. The molecule has 0 spiro atoms. The van der Waals surface area contributed by atoms with Gasteiger partial charge in [-0.2, -0.15) is 0 Å². The Labute approximate surface area is 151 Å². The lowest BCUT2D eigenvalue weighted by Crippen LogP contribution is -2.43. The number of likely N-dealkylation sites (tertiary alicyclic amines) is 1. The number of carbonyl (C=O) groups excluding carboxylic acids is 1. The number of hydrogen-bond donors (Lipinski definition) is 1. The van der Waals surface area contributed by atoms with Crippen molar-refractivity contribution < 1.29 is 4.79 Å². The van der Waals surface area contributed by atoms with Crippen molar-refractivity contribution in [3.8, 4) is 0 Å². The van der Waals surface area contributed by atoms with Crippen LogP contribution in [-0.2, 0) is 0 Å². The number of anilines is 1. The fraction of sp³-hybridized carbons (Fsp3) is 0.619. The molecule has 4 heteroatoms. The lowest BCUT2D eigenvalue weighted by Gasteiger charge is -2.35. The van der Waals surface area contributed by atoms with Crippen LogP contribution in [0.3, 0.4) is 0 Å². The van der Waals surface area contributed by atoms with Gasteiger partial charge in [-0.05, 0) is 63.9 Å². The Morgan fingerprint density at radius 2 is 2.20 bits per heavy atom. The Hall–Kier alpha value is -1.84. The third-order valence-corrected chi connectivity index (χ3v) is 5.50. The van der Waals surface area contributed by atoms with Crippen LogP contribution in [0.1, 0.15) is 75.1 Å². The molecule has 0 radical (unpaired) electrons. The lowest BCUT2D eigenvalue weighted by molar-refractivity contribution is 0.0607. The minimum Gasteiger partial charge on any atom is -0.383 e. The van der Waals surface area contributed by atoms with E-state index in [0.29, 0.717) is 11.6 Å². The van der Waals surface area contributed by atoms with E-state index in [0.717, 1.165) is 44.5 Å². The molecule has 1 aromatic rings. The standard InChI is InChI=1S/C21H31N3O/c1-2-20-10-6-7-13-24(20)21(25)18-14-19(16-22-15-18)23-12-11-17-8-4-3-5-9-17/h8,14-16,20,23H,2-7,9-13H2,1H3. The van der Waals surface area contributed by atoms with Crippen LogP contribution in [0.5, 0.6) is 0 Å². The van der Waals surface area contributed by atoms with Gasteiger partial charge in [0.1, 0.15) is 0 Å². The van der Waals surface area contributed by atoms with Crippen molar-refractivity contribution in [3.63, 3.8) is 0 Å². The topological polar surface area (TPSA) is 45.2 Å². The van der Waals surface area contributed by atoms with E-state index in [1.807, 2.05) is 12.3 Å². The summed E-state index contributed by atoms with van der Waals surface area (Å²) in [6, 6.07) is 2.35. The summed E-state index contributed by atoms with van der Waals surface area (Å²) in [5.74, 6) is 0.137. The average Bonchev–Trinajstić information content (AvgIpc) is 2.68. The first-order valence-electron chi connectivity index (χ1n) is 9.95. The molecule has 3 rings (SSSR count). The molecule has 1 aliphatic carbocycles. The quantitative estimate of drug-likeness (QED) is 0.757. The van der Waals surface area contributed by atoms with Gasteiger partial charge in [0.15, 0.2) is 0 Å². The van der Waals surface area contributed by atoms with Crippen LogP contribution < -0.4 is 5.32 Å². The van der Waals surface area contributed by atoms with Gasteiger partial charge in [-0.1, -0.05) is 18.6 Å². The first kappa shape index (κ1) is 18.0. The molecular weight excluding hydrogens is 310 g/mol. The Morgan fingerprint density at radius 1 is 1.28 bits per heavy atom. The first-order valence-corrected chi connectivity index (χ1v) is 9.95. The van der Waals surface area contributed by atoms with Crippen molar-refractivity contribution in [2.45, 2.75) is 70.8 Å². The highest BCUT2D eigenvalue weighted by atomic mass is 16.2. The Kier molecular flexibility index (Phi) is 6.48. The van der Waals surface area contributed by atoms with Crippen LogP contribution in [0.25, 0.3) is 0 Å². The number of nitrogens with one attached hydrogen (secondary N) is 1. The summed E-state index contributed by atoms with van der Waals surface area (Å²) in [5, 5.41) is 3.44. The van der Waals surface area contributed by atoms with Crippen LogP contribution >= 0.6 is 0 Å². The molecule has 1 unspecified atom stereocenters. The molecule has 2 aliphatic rings. The molecule has 4 nitrogen and oxygen atoms in total. The summed E-state index contributed by atoms with van der Waals surface area (Å²) in [6.07, 6.45) is 16.6. The first-order chi connectivity index (χ1) is 12.3. The van der Waals surface area contributed by atoms with Crippen LogP contribution in [0.15, 0.2) is 30.1 Å². The fourth-order valence-corrected chi connectivity index (χ4v) is 4.01. The highest BCUT2D eigenvalue weighted by Crippen LogP contribution is 2.23. The zero-order valence-electron chi connectivity index (χ0n) is 15.5. The molecule has 1 saturated heterocycles. The summed E-state index contributed by atoms with van der Waals surface area (Å²) in [6.45, 7) is 3.96. The zero-order chi connectivity index (χ0) is 17.5. The van der Waals surface area contributed by atoms with Crippen LogP contribution in [0.4, 0.5) is 5.69 Å². The maximum Gasteiger partial charge on any atom is 0.255 e. The zero-order valence-corrected chi connectivity index (χ0v) is 15.5. The maximum absolute atomic E-state index is 12.9. The largest absolute Gasteiger partial charge is 0.383 e. The highest BCUT2D eigenvalue weighted by Gasteiger charge is 2.26. The third-order valence-electron chi connectivity index (χ3n) is 5.50. The van der Waals surface area contributed by atoms with Gasteiger partial charge < -0.3 is 10.2 Å². The second-order valence-corrected chi connectivity index (χ2v) is 7.30. The van der Waals surface area contributed by atoms with E-state index in [-0.39, 0.29) is 5.91 Å². The highest BCUT2D eigenvalue weighted by molar-refractivity contribution is 5.95. The fourth-order valence-electron chi connectivity index (χ4n) is 4.01. The van der Waals surface area contributed by atoms with Gasteiger partial charge in [-0.3, -0.25) is 9.78 Å². The predicted molar refractivity (Wildman–Crippen MR) is 103 cm³/mol. The number of pyridine rings is 1. The molecule has 1 amide bonds. The number of allylic oxidation sites excluding steroid dienone is 1. The normalized spacial score (nSPS) is 20.9. The molecular formula is C21H31N3O. The van der Waals surface area contributed by atoms with E-state index in [9.17, 15) is 4.79 Å². The summed E-state index contributed by atoms with van der Waals surface area (Å²) < 4.78 is 0. The van der Waals surface area contributed by atoms with Gasteiger partial charge in [0.05, 0.1) is 11.3 Å². The Morgan fingerprint density at radius 3 is 3.00 bits per heavy atom. The number of piperidine rings is 1. The molecule has 1 N–H and O–H groups in total. The number of hydrogen-bond acceptors (Lipinski definition) is 3. The van der Waals surface area contributed by atoms with Gasteiger partial charge in [0.2, 0.25) is 0 Å². The van der Waals surface area contributed by atoms with Crippen molar-refractivity contribution in [1.82, 2.24) is 9.88 Å². The van der Waals surface area contributed by atoms with Crippen LogP contribution in [0.2, 0.25) is 0 Å². The van der Waals surface area contributed by atoms with Crippen molar-refractivity contribution in [2.24, 2.45) is 0 Å². The molecule has 1 atom stereocenters. The summed E-state index contributed by atoms with van der Waals surface area (Å²) in [5.41, 5.74) is 3.23. The number of amides is 1. The average molecular weight is 341 g/mol. The van der Waals surface area contributed by atoms with E-state index in [4.69, 9.17) is 0 Å². The molecule has 0 aromatic carbocycles. The van der Waals surface area contributed by atoms with E-state index in [1.165, 1.54) is 32.1 Å². The smallest absolute Gasteiger partial charge is 0.255 e. The van der Waals surface area contributed by atoms with Crippen molar-refractivity contribution in [1.29, 1.82) is 0 Å². The maximum atomic E-state index is 12.9. The molecule has 1 aromatic heterocycles. The van der Waals surface area contributed by atoms with E-state index in [1.54, 1.807) is 11.8 Å². The molecule has 1 aliphatic heterocycles. The summed E-state index contributed by atoms with van der Waals surface area (Å²) >= 11 is 0. The number of rotatable bonds is 6. The monoisotopic (exact) mass is 341 g/mol. The minimum absolute atomic E-state index is 0.137. The van der Waals surface area contributed by atoms with Crippen LogP contribution in [-0.4, -0.2) is 34.9 Å². The van der Waals surface area contributed by atoms with Crippen molar-refractivity contribution in [2.75, 3.05) is 18.4 Å². The minimum atomic E-state index is 0.137. The van der Waals surface area contributed by atoms with Gasteiger partial charge in [0, 0.05) is 31.5 Å². The second-order valence-electron chi connectivity index (χ2n) is 7.30. The Balaban J connectivity index is 1.58. The SMILES string of the molecule is CCC1CCCCN1C(=O)c1cncc(NCCC2=CCCCC2)c1. The van der Waals surface area contributed by atoms with Crippen molar-refractivity contribution in [3.05, 3.63) is 35.7 Å². The number of aromatic nitrogens is 1. The van der Waals surface area contributed by atoms with E-state index < -0.39 is 0 Å². The Bertz CT molecular complexity index is 611. The summed E-state index contributed by atoms with van der Waals surface area (Å²) in [7, 11) is 0. The van der Waals surface area contributed by atoms with Gasteiger partial charge >= 0.3 is 0 Å². The summed E-state index contributed by atoms with van der Waals surface area (Å²) in [4.78, 5) is 19.2. The third kappa shape index (κ3) is 4.83. The van der Waals surface area contributed by atoms with Crippen molar-refractivity contribution >= 4 is 11.6 Å². The molecule has 25 heavy (non-hydrogen) atoms. The van der Waals surface area contributed by atoms with Gasteiger partial charge in [-0.25, -0.2) is 0 Å².